The minimum atomic E-state index is -0.591. The van der Waals surface area contributed by atoms with Gasteiger partial charge in [-0.05, 0) is 40.5 Å². The molecule has 2 atom stereocenters. The zero-order valence-corrected chi connectivity index (χ0v) is 18.1. The van der Waals surface area contributed by atoms with Gasteiger partial charge in [0.05, 0.1) is 21.9 Å². The fraction of sp³-hybridized carbons (Fsp3) is 0.160. The highest BCUT2D eigenvalue weighted by Gasteiger charge is 2.62. The molecule has 3 aliphatic carbocycles. The van der Waals surface area contributed by atoms with Gasteiger partial charge < -0.3 is 0 Å². The first-order valence-electron chi connectivity index (χ1n) is 10.3. The molecule has 0 radical (unpaired) electrons. The summed E-state index contributed by atoms with van der Waals surface area (Å²) >= 11 is 12.0. The van der Waals surface area contributed by atoms with Gasteiger partial charge in [0.2, 0.25) is 0 Å². The minimum absolute atomic E-state index is 0.212. The van der Waals surface area contributed by atoms with Gasteiger partial charge in [-0.1, -0.05) is 71.7 Å². The van der Waals surface area contributed by atoms with Crippen molar-refractivity contribution < 1.29 is 14.4 Å². The quantitative estimate of drug-likeness (QED) is 0.568. The lowest BCUT2D eigenvalue weighted by Crippen LogP contribution is -2.46. The number of halogens is 2. The van der Waals surface area contributed by atoms with E-state index in [2.05, 4.69) is 5.43 Å². The smallest absolute Gasteiger partial charge is 0.270 e. The lowest BCUT2D eigenvalue weighted by Gasteiger charge is -2.45. The summed E-state index contributed by atoms with van der Waals surface area (Å²) in [6, 6.07) is 20.4. The summed E-state index contributed by atoms with van der Waals surface area (Å²) < 4.78 is 0. The van der Waals surface area contributed by atoms with Gasteiger partial charge in [-0.3, -0.25) is 19.8 Å². The normalized spacial score (nSPS) is 24.8. The monoisotopic (exact) mass is 462 g/mol. The van der Waals surface area contributed by atoms with Crippen LogP contribution in [-0.4, -0.2) is 22.7 Å². The molecule has 1 fully saturated rings. The number of amides is 3. The van der Waals surface area contributed by atoms with Crippen molar-refractivity contribution in [1.82, 2.24) is 10.4 Å². The van der Waals surface area contributed by atoms with Crippen LogP contribution in [0.5, 0.6) is 0 Å². The van der Waals surface area contributed by atoms with Gasteiger partial charge in [-0.25, -0.2) is 0 Å². The first-order valence-corrected chi connectivity index (χ1v) is 11.0. The van der Waals surface area contributed by atoms with Gasteiger partial charge in [-0.15, -0.1) is 0 Å². The van der Waals surface area contributed by atoms with Crippen molar-refractivity contribution in [3.05, 3.63) is 105 Å². The number of hydrazine groups is 1. The maximum atomic E-state index is 13.5. The van der Waals surface area contributed by atoms with Crippen LogP contribution >= 0.6 is 23.2 Å². The lowest BCUT2D eigenvalue weighted by molar-refractivity contribution is -0.142. The van der Waals surface area contributed by atoms with E-state index in [9.17, 15) is 14.4 Å². The van der Waals surface area contributed by atoms with E-state index in [1.54, 1.807) is 0 Å². The van der Waals surface area contributed by atoms with Crippen molar-refractivity contribution in [2.24, 2.45) is 11.8 Å². The third kappa shape index (κ3) is 2.55. The molecule has 2 unspecified atom stereocenters. The number of hydrogen-bond acceptors (Lipinski definition) is 3. The van der Waals surface area contributed by atoms with Gasteiger partial charge in [0.15, 0.2) is 0 Å². The second kappa shape index (κ2) is 6.92. The van der Waals surface area contributed by atoms with Gasteiger partial charge in [0.1, 0.15) is 0 Å². The van der Waals surface area contributed by atoms with E-state index in [1.165, 1.54) is 18.2 Å². The Morgan fingerprint density at radius 1 is 0.719 bits per heavy atom. The Labute approximate surface area is 193 Å². The Kier molecular flexibility index (Phi) is 4.23. The standard InChI is InChI=1S/C25H16Cl2N2O3/c26-17-10-9-12(11-18(17)27)23(30)28-29-24(31)21-19-13-5-1-2-6-14(13)20(22(21)25(29)32)16-8-4-3-7-15(16)19/h1-11,19-22H,(H,28,30). The molecule has 0 saturated carbocycles. The summed E-state index contributed by atoms with van der Waals surface area (Å²) in [4.78, 5) is 39.8. The topological polar surface area (TPSA) is 66.5 Å². The number of benzene rings is 3. The predicted molar refractivity (Wildman–Crippen MR) is 119 cm³/mol. The second-order valence-corrected chi connectivity index (χ2v) is 9.16. The number of nitrogens with zero attached hydrogens (tertiary/aromatic N) is 1. The fourth-order valence-corrected chi connectivity index (χ4v) is 5.89. The van der Waals surface area contributed by atoms with Crippen LogP contribution in [0.1, 0.15) is 44.4 Å². The molecule has 32 heavy (non-hydrogen) atoms. The molecule has 7 rings (SSSR count). The van der Waals surface area contributed by atoms with Crippen molar-refractivity contribution in [3.63, 3.8) is 0 Å². The molecule has 3 aromatic rings. The molecule has 2 bridgehead atoms. The SMILES string of the molecule is O=C(NN1C(=O)C2C3c4ccccc4C(c4ccccc43)C2C1=O)c1ccc(Cl)c(Cl)c1. The van der Waals surface area contributed by atoms with Gasteiger partial charge in [-0.2, -0.15) is 5.01 Å². The number of nitrogens with one attached hydrogen (secondary N) is 1. The van der Waals surface area contributed by atoms with Crippen molar-refractivity contribution >= 4 is 40.9 Å². The molecule has 3 aromatic carbocycles. The zero-order chi connectivity index (χ0) is 22.1. The molecule has 0 spiro atoms. The molecule has 1 heterocycles. The van der Waals surface area contributed by atoms with Crippen LogP contribution in [0.4, 0.5) is 0 Å². The Morgan fingerprint density at radius 3 is 1.62 bits per heavy atom. The first kappa shape index (κ1) is 19.5. The molecule has 1 N–H and O–H groups in total. The van der Waals surface area contributed by atoms with Crippen LogP contribution in [0.15, 0.2) is 66.7 Å². The highest BCUT2D eigenvalue weighted by atomic mass is 35.5. The third-order valence-electron chi connectivity index (χ3n) is 6.84. The van der Waals surface area contributed by atoms with Crippen molar-refractivity contribution in [1.29, 1.82) is 0 Å². The molecule has 158 valence electrons. The molecule has 3 amide bonds. The van der Waals surface area contributed by atoms with E-state index in [-0.39, 0.29) is 34.2 Å². The third-order valence-corrected chi connectivity index (χ3v) is 7.58. The average molecular weight is 463 g/mol. The van der Waals surface area contributed by atoms with Crippen molar-refractivity contribution in [2.45, 2.75) is 11.8 Å². The van der Waals surface area contributed by atoms with Crippen molar-refractivity contribution in [2.75, 3.05) is 0 Å². The highest BCUT2D eigenvalue weighted by molar-refractivity contribution is 6.42. The van der Waals surface area contributed by atoms with Crippen LogP contribution in [-0.2, 0) is 9.59 Å². The van der Waals surface area contributed by atoms with E-state index in [0.29, 0.717) is 5.02 Å². The summed E-state index contributed by atoms with van der Waals surface area (Å²) in [5.74, 6) is -2.90. The maximum absolute atomic E-state index is 13.5. The maximum Gasteiger partial charge on any atom is 0.270 e. The largest absolute Gasteiger partial charge is 0.272 e. The molecule has 0 aromatic heterocycles. The Morgan fingerprint density at radius 2 is 1.19 bits per heavy atom. The molecule has 5 nitrogen and oxygen atoms in total. The van der Waals surface area contributed by atoms with E-state index in [1.807, 2.05) is 48.5 Å². The number of carbonyl (C=O) groups is 3. The summed E-state index contributed by atoms with van der Waals surface area (Å²) in [6.45, 7) is 0. The lowest BCUT2D eigenvalue weighted by atomic mass is 9.55. The molecular weight excluding hydrogens is 447 g/mol. The first-order chi connectivity index (χ1) is 15.5. The summed E-state index contributed by atoms with van der Waals surface area (Å²) in [5.41, 5.74) is 7.05. The van der Waals surface area contributed by atoms with Crippen molar-refractivity contribution in [3.8, 4) is 0 Å². The molecule has 4 aliphatic rings. The Bertz CT molecular complexity index is 1220. The van der Waals surface area contributed by atoms with Crippen LogP contribution < -0.4 is 5.43 Å². The van der Waals surface area contributed by atoms with E-state index >= 15 is 0 Å². The van der Waals surface area contributed by atoms with Gasteiger partial charge in [0, 0.05) is 17.4 Å². The van der Waals surface area contributed by atoms with Gasteiger partial charge in [0.25, 0.3) is 17.7 Å². The predicted octanol–water partition coefficient (Wildman–Crippen LogP) is 4.53. The number of rotatable bonds is 2. The molecule has 1 aliphatic heterocycles. The minimum Gasteiger partial charge on any atom is -0.272 e. The Hall–Kier alpha value is -3.15. The Balaban J connectivity index is 1.40. The number of imide groups is 1. The van der Waals surface area contributed by atoms with E-state index in [0.717, 1.165) is 27.3 Å². The number of carbonyl (C=O) groups excluding carboxylic acids is 3. The summed E-state index contributed by atoms with van der Waals surface area (Å²) in [6.07, 6.45) is 0. The van der Waals surface area contributed by atoms with Crippen LogP contribution in [0.2, 0.25) is 10.0 Å². The fourth-order valence-electron chi connectivity index (χ4n) is 5.59. The van der Waals surface area contributed by atoms with E-state index in [4.69, 9.17) is 23.2 Å². The zero-order valence-electron chi connectivity index (χ0n) is 16.6. The van der Waals surface area contributed by atoms with E-state index < -0.39 is 17.7 Å². The van der Waals surface area contributed by atoms with Crippen LogP contribution in [0.3, 0.4) is 0 Å². The molecule has 7 heteroatoms. The average Bonchev–Trinajstić information content (AvgIpc) is 3.06. The second-order valence-electron chi connectivity index (χ2n) is 8.35. The van der Waals surface area contributed by atoms with Crippen LogP contribution in [0, 0.1) is 11.8 Å². The summed E-state index contributed by atoms with van der Waals surface area (Å²) in [5, 5.41) is 1.43. The summed E-state index contributed by atoms with van der Waals surface area (Å²) in [7, 11) is 0. The van der Waals surface area contributed by atoms with Gasteiger partial charge >= 0.3 is 0 Å². The number of hydrogen-bond donors (Lipinski definition) is 1. The molecular formula is C25H16Cl2N2O3. The van der Waals surface area contributed by atoms with Crippen LogP contribution in [0.25, 0.3) is 0 Å². The molecule has 1 saturated heterocycles. The highest BCUT2D eigenvalue weighted by Crippen LogP contribution is 2.60.